The van der Waals surface area contributed by atoms with Crippen molar-refractivity contribution in [3.8, 4) is 0 Å². The first-order chi connectivity index (χ1) is 4.31. The Morgan fingerprint density at radius 3 is 2.89 bits per heavy atom. The quantitative estimate of drug-likeness (QED) is 0.355. The van der Waals surface area contributed by atoms with Gasteiger partial charge in [-0.25, -0.2) is 0 Å². The molecule has 0 saturated carbocycles. The highest BCUT2D eigenvalue weighted by molar-refractivity contribution is 8.68. The van der Waals surface area contributed by atoms with Gasteiger partial charge in [0.05, 0.1) is 6.61 Å². The maximum Gasteiger partial charge on any atom is 0.316 e. The number of aliphatic hydroxyl groups excluding tert-OH is 1. The molecule has 5 heteroatoms. The molecule has 0 saturated heterocycles. The summed E-state index contributed by atoms with van der Waals surface area (Å²) >= 11 is 3.74. The van der Waals surface area contributed by atoms with Crippen LogP contribution in [0.3, 0.4) is 0 Å². The van der Waals surface area contributed by atoms with E-state index in [0.29, 0.717) is 0 Å². The molecule has 0 fully saturated rings. The summed E-state index contributed by atoms with van der Waals surface area (Å²) in [6.45, 7) is -0.0455. The summed E-state index contributed by atoms with van der Waals surface area (Å²) < 4.78 is 4.47. The molecule has 0 aliphatic carbocycles. The lowest BCUT2D eigenvalue weighted by Crippen LogP contribution is -2.09. The van der Waals surface area contributed by atoms with Crippen molar-refractivity contribution in [3.63, 3.8) is 0 Å². The van der Waals surface area contributed by atoms with Gasteiger partial charge in [0, 0.05) is 0 Å². The van der Waals surface area contributed by atoms with Crippen LogP contribution in [0.5, 0.6) is 0 Å². The normalized spacial score (nSPS) is 9.11. The molecule has 0 heterocycles. The molecule has 0 aliphatic rings. The van der Waals surface area contributed by atoms with Gasteiger partial charge in [-0.3, -0.25) is 4.79 Å². The SMILES string of the molecule is O=C(CSS)OCCO. The number of carbonyl (C=O) groups is 1. The van der Waals surface area contributed by atoms with Crippen LogP contribution in [0.2, 0.25) is 0 Å². The molecular weight excluding hydrogens is 160 g/mol. The Kier molecular flexibility index (Phi) is 6.34. The minimum Gasteiger partial charge on any atom is -0.463 e. The third-order valence-electron chi connectivity index (χ3n) is 0.537. The summed E-state index contributed by atoms with van der Waals surface area (Å²) in [5.41, 5.74) is 0. The number of rotatable bonds is 4. The monoisotopic (exact) mass is 168 g/mol. The van der Waals surface area contributed by atoms with Gasteiger partial charge in [0.15, 0.2) is 0 Å². The Morgan fingerprint density at radius 2 is 2.44 bits per heavy atom. The van der Waals surface area contributed by atoms with Crippen molar-refractivity contribution >= 4 is 28.4 Å². The summed E-state index contributed by atoms with van der Waals surface area (Å²) in [4.78, 5) is 10.4. The van der Waals surface area contributed by atoms with E-state index in [1.54, 1.807) is 0 Å². The summed E-state index contributed by atoms with van der Waals surface area (Å²) in [5, 5.41) is 8.18. The van der Waals surface area contributed by atoms with Crippen LogP contribution in [0.4, 0.5) is 0 Å². The number of carbonyl (C=O) groups excluding carboxylic acids is 1. The fraction of sp³-hybridized carbons (Fsp3) is 0.750. The largest absolute Gasteiger partial charge is 0.463 e. The zero-order valence-corrected chi connectivity index (χ0v) is 6.45. The molecule has 0 aromatic carbocycles. The first-order valence-corrected chi connectivity index (χ1v) is 4.38. The van der Waals surface area contributed by atoms with E-state index in [4.69, 9.17) is 5.11 Å². The highest BCUT2D eigenvalue weighted by Crippen LogP contribution is 2.03. The lowest BCUT2D eigenvalue weighted by Gasteiger charge is -1.98. The molecule has 0 aliphatic heterocycles. The summed E-state index contributed by atoms with van der Waals surface area (Å²) in [7, 11) is 1.10. The number of thiol groups is 1. The van der Waals surface area contributed by atoms with Crippen LogP contribution in [0.25, 0.3) is 0 Å². The van der Waals surface area contributed by atoms with Gasteiger partial charge in [-0.2, -0.15) is 0 Å². The topological polar surface area (TPSA) is 46.5 Å². The summed E-state index contributed by atoms with van der Waals surface area (Å²) in [6.07, 6.45) is 0. The highest BCUT2D eigenvalue weighted by atomic mass is 33.1. The molecule has 9 heavy (non-hydrogen) atoms. The first-order valence-electron chi connectivity index (χ1n) is 2.34. The maximum atomic E-state index is 10.4. The van der Waals surface area contributed by atoms with Gasteiger partial charge in [-0.05, 0) is 0 Å². The van der Waals surface area contributed by atoms with E-state index < -0.39 is 0 Å². The van der Waals surface area contributed by atoms with Crippen LogP contribution in [0.15, 0.2) is 0 Å². The Labute approximate surface area is 62.6 Å². The Morgan fingerprint density at radius 1 is 1.78 bits per heavy atom. The smallest absolute Gasteiger partial charge is 0.316 e. The number of esters is 1. The molecule has 3 nitrogen and oxygen atoms in total. The lowest BCUT2D eigenvalue weighted by atomic mass is 10.7. The molecule has 0 bridgehead atoms. The number of aliphatic hydroxyl groups is 1. The maximum absolute atomic E-state index is 10.4. The van der Waals surface area contributed by atoms with Crippen molar-refractivity contribution in [2.24, 2.45) is 0 Å². The van der Waals surface area contributed by atoms with E-state index in [-0.39, 0.29) is 24.9 Å². The van der Waals surface area contributed by atoms with Crippen LogP contribution in [0, 0.1) is 0 Å². The van der Waals surface area contributed by atoms with E-state index >= 15 is 0 Å². The first kappa shape index (κ1) is 9.13. The van der Waals surface area contributed by atoms with Crippen molar-refractivity contribution in [3.05, 3.63) is 0 Å². The molecule has 0 atom stereocenters. The third-order valence-corrected chi connectivity index (χ3v) is 1.29. The molecule has 0 aromatic rings. The zero-order valence-electron chi connectivity index (χ0n) is 4.74. The summed E-state index contributed by atoms with van der Waals surface area (Å²) in [6, 6.07) is 0. The second-order valence-electron chi connectivity index (χ2n) is 1.22. The minimum atomic E-state index is -0.343. The standard InChI is InChI=1S/C4H8O3S2/c5-1-2-7-4(6)3-9-8/h5,8H,1-3H2. The van der Waals surface area contributed by atoms with Gasteiger partial charge in [0.1, 0.15) is 12.4 Å². The second kappa shape index (κ2) is 6.25. The van der Waals surface area contributed by atoms with E-state index in [9.17, 15) is 4.79 Å². The van der Waals surface area contributed by atoms with Crippen molar-refractivity contribution in [1.29, 1.82) is 0 Å². The van der Waals surface area contributed by atoms with Crippen LogP contribution in [0.1, 0.15) is 0 Å². The van der Waals surface area contributed by atoms with Crippen LogP contribution in [-0.4, -0.2) is 30.0 Å². The Bertz CT molecular complexity index is 85.9. The molecule has 0 aromatic heterocycles. The molecule has 0 rings (SSSR count). The Balaban J connectivity index is 3.06. The number of hydrogen-bond donors (Lipinski definition) is 2. The van der Waals surface area contributed by atoms with Crippen molar-refractivity contribution in [2.75, 3.05) is 19.0 Å². The number of hydrogen-bond acceptors (Lipinski definition) is 5. The molecule has 0 unspecified atom stereocenters. The van der Waals surface area contributed by atoms with E-state index in [0.717, 1.165) is 10.8 Å². The molecule has 0 amide bonds. The average molecular weight is 168 g/mol. The van der Waals surface area contributed by atoms with Gasteiger partial charge in [0.2, 0.25) is 0 Å². The highest BCUT2D eigenvalue weighted by Gasteiger charge is 1.98. The van der Waals surface area contributed by atoms with E-state index in [1.807, 2.05) is 0 Å². The van der Waals surface area contributed by atoms with Gasteiger partial charge < -0.3 is 9.84 Å². The average Bonchev–Trinajstić information content (AvgIpc) is 1.85. The molecule has 54 valence electrons. The van der Waals surface area contributed by atoms with Crippen LogP contribution < -0.4 is 0 Å². The van der Waals surface area contributed by atoms with Gasteiger partial charge in [0.25, 0.3) is 0 Å². The fourth-order valence-corrected chi connectivity index (χ4v) is 0.759. The minimum absolute atomic E-state index is 0.0766. The number of ether oxygens (including phenoxy) is 1. The lowest BCUT2D eigenvalue weighted by molar-refractivity contribution is -0.141. The predicted molar refractivity (Wildman–Crippen MR) is 39.5 cm³/mol. The van der Waals surface area contributed by atoms with Crippen LogP contribution >= 0.6 is 22.5 Å². The van der Waals surface area contributed by atoms with E-state index in [1.165, 1.54) is 0 Å². The fourth-order valence-electron chi connectivity index (χ4n) is 0.254. The van der Waals surface area contributed by atoms with Gasteiger partial charge in [-0.1, -0.05) is 10.8 Å². The van der Waals surface area contributed by atoms with Crippen molar-refractivity contribution in [1.82, 2.24) is 0 Å². The molecule has 0 radical (unpaired) electrons. The van der Waals surface area contributed by atoms with Crippen molar-refractivity contribution < 1.29 is 14.6 Å². The summed E-state index contributed by atoms with van der Waals surface area (Å²) in [5.74, 6) is -0.118. The third kappa shape index (κ3) is 6.01. The second-order valence-corrected chi connectivity index (χ2v) is 2.54. The Hall–Kier alpha value is 0.130. The molecule has 1 N–H and O–H groups in total. The zero-order chi connectivity index (χ0) is 7.11. The molecular formula is C4H8O3S2. The van der Waals surface area contributed by atoms with Gasteiger partial charge in [-0.15, -0.1) is 11.7 Å². The van der Waals surface area contributed by atoms with Crippen LogP contribution in [-0.2, 0) is 9.53 Å². The van der Waals surface area contributed by atoms with Gasteiger partial charge >= 0.3 is 5.97 Å². The molecule has 0 spiro atoms. The predicted octanol–water partition coefficient (Wildman–Crippen LogP) is 0.0999. The van der Waals surface area contributed by atoms with Crippen molar-refractivity contribution in [2.45, 2.75) is 0 Å². The van der Waals surface area contributed by atoms with E-state index in [2.05, 4.69) is 16.4 Å².